The summed E-state index contributed by atoms with van der Waals surface area (Å²) in [7, 11) is 0. The van der Waals surface area contributed by atoms with Gasteiger partial charge in [-0.3, -0.25) is 4.90 Å². The number of allylic oxidation sites excluding steroid dienone is 2. The van der Waals surface area contributed by atoms with Crippen molar-refractivity contribution in [2.75, 3.05) is 24.8 Å². The lowest BCUT2D eigenvalue weighted by Crippen LogP contribution is -2.48. The third kappa shape index (κ3) is 2.48. The Hall–Kier alpha value is -1.28. The molecule has 2 unspecified atom stereocenters. The molecule has 0 amide bonds. The molecule has 4 aliphatic rings. The van der Waals surface area contributed by atoms with Gasteiger partial charge in [-0.2, -0.15) is 5.01 Å². The standard InChI is InChI=1S/C18H19ClN4OS/c19-14-5-1-2-6-15(14)21-8-13-12-4-3-7-16(12)25-18(13)22-10-20-23(11-24)17(22)9-21/h1-3,5-8,17-18,20,24H,4,9-11H2. The fraction of sp³-hybridized carbons (Fsp3) is 0.333. The van der Waals surface area contributed by atoms with Crippen LogP contribution in [0.4, 0.5) is 5.69 Å². The van der Waals surface area contributed by atoms with E-state index in [9.17, 15) is 5.11 Å². The quantitative estimate of drug-likeness (QED) is 0.829. The topological polar surface area (TPSA) is 42.0 Å². The first-order valence-electron chi connectivity index (χ1n) is 8.42. The van der Waals surface area contributed by atoms with E-state index >= 15 is 0 Å². The molecule has 0 radical (unpaired) electrons. The van der Waals surface area contributed by atoms with E-state index in [2.05, 4.69) is 39.6 Å². The summed E-state index contributed by atoms with van der Waals surface area (Å²) < 4.78 is 0. The van der Waals surface area contributed by atoms with Crippen molar-refractivity contribution in [2.45, 2.75) is 18.0 Å². The molecule has 2 N–H and O–H groups in total. The van der Waals surface area contributed by atoms with Gasteiger partial charge in [-0.25, -0.2) is 5.43 Å². The Morgan fingerprint density at radius 2 is 2.20 bits per heavy atom. The second-order valence-corrected chi connectivity index (χ2v) is 8.06. The highest BCUT2D eigenvalue weighted by molar-refractivity contribution is 8.04. The lowest BCUT2D eigenvalue weighted by Gasteiger charge is -2.32. The van der Waals surface area contributed by atoms with Crippen LogP contribution in [-0.4, -0.2) is 46.5 Å². The van der Waals surface area contributed by atoms with Gasteiger partial charge in [0.15, 0.2) is 0 Å². The molecule has 5 rings (SSSR count). The van der Waals surface area contributed by atoms with Gasteiger partial charge in [-0.1, -0.05) is 35.9 Å². The zero-order chi connectivity index (χ0) is 17.0. The van der Waals surface area contributed by atoms with Crippen LogP contribution < -0.4 is 10.3 Å². The van der Waals surface area contributed by atoms with E-state index in [1.165, 1.54) is 16.1 Å². The fourth-order valence-electron chi connectivity index (χ4n) is 3.97. The molecular formula is C18H19ClN4OS. The predicted molar refractivity (Wildman–Crippen MR) is 102 cm³/mol. The summed E-state index contributed by atoms with van der Waals surface area (Å²) in [5, 5.41) is 12.7. The number of aliphatic hydroxyl groups excluding tert-OH is 1. The molecule has 1 fully saturated rings. The van der Waals surface area contributed by atoms with E-state index in [0.29, 0.717) is 0 Å². The van der Waals surface area contributed by atoms with Crippen LogP contribution in [0.15, 0.2) is 58.7 Å². The van der Waals surface area contributed by atoms with Crippen molar-refractivity contribution in [3.8, 4) is 0 Å². The SMILES string of the molecule is OCN1NCN2C3SC4=C(CC=C4)C3=CN(c3ccccc3Cl)CC12. The number of aliphatic hydroxyl groups is 1. The Bertz CT molecular complexity index is 808. The minimum atomic E-state index is -0.0166. The number of rotatable bonds is 2. The summed E-state index contributed by atoms with van der Waals surface area (Å²) in [4.78, 5) is 6.04. The van der Waals surface area contributed by atoms with Crippen molar-refractivity contribution >= 4 is 29.1 Å². The number of halogens is 1. The number of thioether (sulfide) groups is 1. The lowest BCUT2D eigenvalue weighted by atomic mass is 10.1. The summed E-state index contributed by atoms with van der Waals surface area (Å²) in [6.45, 7) is 1.46. The number of para-hydroxylation sites is 1. The molecule has 2 atom stereocenters. The molecule has 25 heavy (non-hydrogen) atoms. The zero-order valence-electron chi connectivity index (χ0n) is 13.6. The van der Waals surface area contributed by atoms with E-state index < -0.39 is 0 Å². The molecule has 3 aliphatic heterocycles. The highest BCUT2D eigenvalue weighted by atomic mass is 35.5. The number of hydrogen-bond donors (Lipinski definition) is 2. The van der Waals surface area contributed by atoms with Gasteiger partial charge in [-0.15, -0.1) is 11.8 Å². The molecule has 0 spiro atoms. The predicted octanol–water partition coefficient (Wildman–Crippen LogP) is 2.69. The van der Waals surface area contributed by atoms with Crippen molar-refractivity contribution in [2.24, 2.45) is 0 Å². The van der Waals surface area contributed by atoms with Crippen molar-refractivity contribution in [1.29, 1.82) is 0 Å². The molecule has 0 aromatic heterocycles. The molecule has 1 aromatic carbocycles. The highest BCUT2D eigenvalue weighted by Gasteiger charge is 2.45. The Morgan fingerprint density at radius 3 is 3.04 bits per heavy atom. The number of fused-ring (bicyclic) bond motifs is 4. The van der Waals surface area contributed by atoms with Gasteiger partial charge in [0.05, 0.1) is 35.5 Å². The fourth-order valence-corrected chi connectivity index (χ4v) is 5.66. The largest absolute Gasteiger partial charge is 0.380 e. The number of nitrogens with one attached hydrogen (secondary N) is 1. The third-order valence-electron chi connectivity index (χ3n) is 5.21. The molecule has 7 heteroatoms. The van der Waals surface area contributed by atoms with E-state index in [4.69, 9.17) is 11.6 Å². The summed E-state index contributed by atoms with van der Waals surface area (Å²) in [6, 6.07) is 7.95. The van der Waals surface area contributed by atoms with Crippen molar-refractivity contribution in [3.05, 3.63) is 63.7 Å². The van der Waals surface area contributed by atoms with Crippen LogP contribution in [0.1, 0.15) is 6.42 Å². The summed E-state index contributed by atoms with van der Waals surface area (Å²) in [5.74, 6) is 0. The van der Waals surface area contributed by atoms with E-state index in [0.717, 1.165) is 30.3 Å². The maximum atomic E-state index is 9.76. The number of benzene rings is 1. The molecular weight excluding hydrogens is 356 g/mol. The molecule has 1 aromatic rings. The maximum Gasteiger partial charge on any atom is 0.110 e. The second-order valence-electron chi connectivity index (χ2n) is 6.53. The number of hydrogen-bond acceptors (Lipinski definition) is 6. The van der Waals surface area contributed by atoms with Crippen LogP contribution in [-0.2, 0) is 0 Å². The number of nitrogens with zero attached hydrogens (tertiary/aromatic N) is 3. The van der Waals surface area contributed by atoms with E-state index in [1.54, 1.807) is 0 Å². The van der Waals surface area contributed by atoms with Gasteiger partial charge in [0.2, 0.25) is 0 Å². The van der Waals surface area contributed by atoms with E-state index in [1.807, 2.05) is 35.0 Å². The molecule has 130 valence electrons. The van der Waals surface area contributed by atoms with Gasteiger partial charge in [0, 0.05) is 16.7 Å². The molecule has 0 saturated carbocycles. The maximum absolute atomic E-state index is 9.76. The first-order valence-corrected chi connectivity index (χ1v) is 9.68. The monoisotopic (exact) mass is 374 g/mol. The minimum absolute atomic E-state index is 0.0166. The summed E-state index contributed by atoms with van der Waals surface area (Å²) >= 11 is 8.40. The lowest BCUT2D eigenvalue weighted by molar-refractivity contribution is 0.0332. The average Bonchev–Trinajstić information content (AvgIpc) is 3.28. The van der Waals surface area contributed by atoms with Gasteiger partial charge < -0.3 is 10.0 Å². The van der Waals surface area contributed by atoms with Crippen LogP contribution in [0.5, 0.6) is 0 Å². The third-order valence-corrected chi connectivity index (χ3v) is 6.92. The van der Waals surface area contributed by atoms with Crippen LogP contribution in [0.25, 0.3) is 0 Å². The average molecular weight is 375 g/mol. The van der Waals surface area contributed by atoms with Crippen LogP contribution in [0, 0.1) is 0 Å². The van der Waals surface area contributed by atoms with E-state index in [-0.39, 0.29) is 18.3 Å². The Labute approximate surface area is 156 Å². The Morgan fingerprint density at radius 1 is 1.32 bits per heavy atom. The normalized spacial score (nSPS) is 28.9. The molecule has 5 nitrogen and oxygen atoms in total. The van der Waals surface area contributed by atoms with Crippen molar-refractivity contribution in [1.82, 2.24) is 15.3 Å². The Balaban J connectivity index is 1.60. The first-order chi connectivity index (χ1) is 12.3. The van der Waals surface area contributed by atoms with Crippen molar-refractivity contribution < 1.29 is 5.11 Å². The van der Waals surface area contributed by atoms with Gasteiger partial charge >= 0.3 is 0 Å². The molecule has 1 saturated heterocycles. The number of hydrazine groups is 1. The summed E-state index contributed by atoms with van der Waals surface area (Å²) in [6.07, 6.45) is 7.81. The summed E-state index contributed by atoms with van der Waals surface area (Å²) in [5.41, 5.74) is 7.10. The van der Waals surface area contributed by atoms with Gasteiger partial charge in [0.25, 0.3) is 0 Å². The number of anilines is 1. The first kappa shape index (κ1) is 15.9. The second kappa shape index (κ2) is 6.16. The van der Waals surface area contributed by atoms with Gasteiger partial charge in [0.1, 0.15) is 6.73 Å². The molecule has 1 aliphatic carbocycles. The Kier molecular flexibility index (Phi) is 3.93. The van der Waals surface area contributed by atoms with Gasteiger partial charge in [-0.05, 0) is 24.1 Å². The van der Waals surface area contributed by atoms with Crippen LogP contribution in [0.2, 0.25) is 5.02 Å². The minimum Gasteiger partial charge on any atom is -0.380 e. The zero-order valence-corrected chi connectivity index (χ0v) is 15.2. The smallest absolute Gasteiger partial charge is 0.110 e. The molecule has 0 bridgehead atoms. The van der Waals surface area contributed by atoms with Crippen LogP contribution in [0.3, 0.4) is 0 Å². The highest BCUT2D eigenvalue weighted by Crippen LogP contribution is 2.50. The van der Waals surface area contributed by atoms with Crippen LogP contribution >= 0.6 is 23.4 Å². The molecule has 3 heterocycles. The van der Waals surface area contributed by atoms with Crippen molar-refractivity contribution in [3.63, 3.8) is 0 Å².